The van der Waals surface area contributed by atoms with Crippen LogP contribution in [0.5, 0.6) is 0 Å². The molecule has 0 aliphatic rings. The summed E-state index contributed by atoms with van der Waals surface area (Å²) in [5.41, 5.74) is 1.30. The van der Waals surface area contributed by atoms with E-state index >= 15 is 0 Å². The van der Waals surface area contributed by atoms with Crippen LogP contribution in [0.1, 0.15) is 27.6 Å². The van der Waals surface area contributed by atoms with Crippen molar-refractivity contribution in [3.63, 3.8) is 0 Å². The third-order valence-electron chi connectivity index (χ3n) is 3.02. The van der Waals surface area contributed by atoms with Crippen molar-refractivity contribution in [3.05, 3.63) is 77.8 Å². The molecule has 5 heteroatoms. The number of allylic oxidation sites excluding steroid dienone is 1. The topological polar surface area (TPSA) is 55.4 Å². The average molecular weight is 313 g/mol. The van der Waals surface area contributed by atoms with Gasteiger partial charge in [-0.05, 0) is 43.3 Å². The molecule has 0 aliphatic carbocycles. The van der Waals surface area contributed by atoms with Crippen molar-refractivity contribution in [1.82, 2.24) is 0 Å². The van der Waals surface area contributed by atoms with Gasteiger partial charge in [0.05, 0.1) is 17.9 Å². The number of hydrogen-bond acceptors (Lipinski definition) is 4. The monoisotopic (exact) mass is 313 g/mol. The second-order valence-electron chi connectivity index (χ2n) is 4.61. The molecule has 0 aliphatic heterocycles. The Balaban J connectivity index is 2.07. The number of ether oxygens (including phenoxy) is 1. The maximum atomic E-state index is 12.8. The Morgan fingerprint density at radius 2 is 1.83 bits per heavy atom. The summed E-state index contributed by atoms with van der Waals surface area (Å²) in [6.45, 7) is 2.02. The van der Waals surface area contributed by atoms with E-state index in [9.17, 15) is 14.0 Å². The van der Waals surface area contributed by atoms with Gasteiger partial charge in [0.15, 0.2) is 5.78 Å². The number of carbonyl (C=O) groups is 2. The second kappa shape index (κ2) is 7.89. The first-order chi connectivity index (χ1) is 11.1. The number of benzene rings is 2. The first-order valence-corrected chi connectivity index (χ1v) is 7.11. The van der Waals surface area contributed by atoms with Gasteiger partial charge in [-0.25, -0.2) is 9.18 Å². The molecule has 0 atom stereocenters. The summed E-state index contributed by atoms with van der Waals surface area (Å²) in [4.78, 5) is 23.8. The highest BCUT2D eigenvalue weighted by atomic mass is 19.1. The summed E-state index contributed by atoms with van der Waals surface area (Å²) in [6, 6.07) is 12.1. The Kier molecular flexibility index (Phi) is 5.63. The van der Waals surface area contributed by atoms with E-state index in [-0.39, 0.29) is 12.4 Å². The number of halogens is 1. The lowest BCUT2D eigenvalue weighted by Gasteiger charge is -2.08. The highest BCUT2D eigenvalue weighted by Crippen LogP contribution is 2.16. The minimum Gasteiger partial charge on any atom is -0.462 e. The molecular weight excluding hydrogens is 297 g/mol. The molecule has 0 unspecified atom stereocenters. The lowest BCUT2D eigenvalue weighted by atomic mass is 10.1. The summed E-state index contributed by atoms with van der Waals surface area (Å²) < 4.78 is 17.8. The van der Waals surface area contributed by atoms with Gasteiger partial charge in [-0.15, -0.1) is 0 Å². The van der Waals surface area contributed by atoms with Gasteiger partial charge in [0.1, 0.15) is 5.82 Å². The van der Waals surface area contributed by atoms with Crippen LogP contribution in [0.2, 0.25) is 0 Å². The van der Waals surface area contributed by atoms with Crippen molar-refractivity contribution in [1.29, 1.82) is 0 Å². The van der Waals surface area contributed by atoms with Crippen LogP contribution in [0.15, 0.2) is 60.8 Å². The van der Waals surface area contributed by atoms with Crippen LogP contribution in [0.4, 0.5) is 10.1 Å². The Morgan fingerprint density at radius 3 is 2.52 bits per heavy atom. The van der Waals surface area contributed by atoms with Gasteiger partial charge in [0.2, 0.25) is 0 Å². The minimum absolute atomic E-state index is 0.272. The minimum atomic E-state index is -0.436. The molecule has 2 aromatic rings. The summed E-state index contributed by atoms with van der Waals surface area (Å²) in [5.74, 6) is -1.10. The van der Waals surface area contributed by atoms with Crippen molar-refractivity contribution in [3.8, 4) is 0 Å². The maximum Gasteiger partial charge on any atom is 0.340 e. The number of anilines is 1. The van der Waals surface area contributed by atoms with Gasteiger partial charge in [-0.1, -0.05) is 12.1 Å². The molecule has 0 bridgehead atoms. The molecule has 4 nitrogen and oxygen atoms in total. The molecule has 0 saturated heterocycles. The van der Waals surface area contributed by atoms with Crippen LogP contribution in [-0.2, 0) is 4.74 Å². The average Bonchev–Trinajstić information content (AvgIpc) is 2.56. The standard InChI is InChI=1S/C18H16FNO3/c1-2-23-18(22)15-5-3-4-6-16(15)20-12-11-17(21)13-7-9-14(19)10-8-13/h3-12,20H,2H2,1H3/b12-11+. The zero-order valence-electron chi connectivity index (χ0n) is 12.6. The Morgan fingerprint density at radius 1 is 1.13 bits per heavy atom. The van der Waals surface area contributed by atoms with Gasteiger partial charge in [0.25, 0.3) is 0 Å². The second-order valence-corrected chi connectivity index (χ2v) is 4.61. The number of esters is 1. The highest BCUT2D eigenvalue weighted by molar-refractivity contribution is 6.04. The molecule has 0 amide bonds. The van der Waals surface area contributed by atoms with Gasteiger partial charge >= 0.3 is 5.97 Å². The van der Waals surface area contributed by atoms with Crippen molar-refractivity contribution in [2.45, 2.75) is 6.92 Å². The van der Waals surface area contributed by atoms with E-state index in [1.165, 1.54) is 36.5 Å². The zero-order valence-corrected chi connectivity index (χ0v) is 12.6. The third-order valence-corrected chi connectivity index (χ3v) is 3.02. The number of para-hydroxylation sites is 1. The molecule has 0 radical (unpaired) electrons. The SMILES string of the molecule is CCOC(=O)c1ccccc1N/C=C/C(=O)c1ccc(F)cc1. The van der Waals surface area contributed by atoms with E-state index in [1.807, 2.05) is 0 Å². The largest absolute Gasteiger partial charge is 0.462 e. The van der Waals surface area contributed by atoms with Crippen LogP contribution in [0.25, 0.3) is 0 Å². The van der Waals surface area contributed by atoms with Gasteiger partial charge in [-0.2, -0.15) is 0 Å². The molecule has 0 aromatic heterocycles. The quantitative estimate of drug-likeness (QED) is 0.500. The molecule has 0 heterocycles. The zero-order chi connectivity index (χ0) is 16.7. The predicted molar refractivity (Wildman–Crippen MR) is 85.9 cm³/mol. The fourth-order valence-corrected chi connectivity index (χ4v) is 1.91. The van der Waals surface area contributed by atoms with Gasteiger partial charge < -0.3 is 10.1 Å². The van der Waals surface area contributed by atoms with E-state index in [4.69, 9.17) is 4.74 Å². The molecule has 2 aromatic carbocycles. The van der Waals surface area contributed by atoms with E-state index in [2.05, 4.69) is 5.32 Å². The molecular formula is C18H16FNO3. The number of nitrogens with one attached hydrogen (secondary N) is 1. The van der Waals surface area contributed by atoms with Crippen molar-refractivity contribution >= 4 is 17.4 Å². The van der Waals surface area contributed by atoms with E-state index in [0.717, 1.165) is 0 Å². The van der Waals surface area contributed by atoms with E-state index in [0.29, 0.717) is 16.8 Å². The summed E-state index contributed by atoms with van der Waals surface area (Å²) in [5, 5.41) is 2.89. The normalized spacial score (nSPS) is 10.5. The van der Waals surface area contributed by atoms with Crippen LogP contribution >= 0.6 is 0 Å². The molecule has 2 rings (SSSR count). The van der Waals surface area contributed by atoms with Crippen LogP contribution in [-0.4, -0.2) is 18.4 Å². The molecule has 23 heavy (non-hydrogen) atoms. The third kappa shape index (κ3) is 4.51. The fourth-order valence-electron chi connectivity index (χ4n) is 1.91. The lowest BCUT2D eigenvalue weighted by Crippen LogP contribution is -2.07. The Bertz CT molecular complexity index is 723. The van der Waals surface area contributed by atoms with Crippen molar-refractivity contribution in [2.24, 2.45) is 0 Å². The van der Waals surface area contributed by atoms with Crippen molar-refractivity contribution in [2.75, 3.05) is 11.9 Å². The number of rotatable bonds is 6. The summed E-state index contributed by atoms with van der Waals surface area (Å²) in [6.07, 6.45) is 2.75. The molecule has 118 valence electrons. The number of ketones is 1. The maximum absolute atomic E-state index is 12.8. The van der Waals surface area contributed by atoms with Crippen molar-refractivity contribution < 1.29 is 18.7 Å². The molecule has 0 fully saturated rings. The molecule has 1 N–H and O–H groups in total. The van der Waals surface area contributed by atoms with Gasteiger partial charge in [-0.3, -0.25) is 4.79 Å². The first-order valence-electron chi connectivity index (χ1n) is 7.11. The number of carbonyl (C=O) groups excluding carboxylic acids is 2. The van der Waals surface area contributed by atoms with Crippen LogP contribution in [0, 0.1) is 5.82 Å². The van der Waals surface area contributed by atoms with Gasteiger partial charge in [0, 0.05) is 17.8 Å². The molecule has 0 saturated carbocycles. The highest BCUT2D eigenvalue weighted by Gasteiger charge is 2.10. The van der Waals surface area contributed by atoms with Crippen LogP contribution < -0.4 is 5.32 Å². The number of hydrogen-bond donors (Lipinski definition) is 1. The van der Waals surface area contributed by atoms with Crippen LogP contribution in [0.3, 0.4) is 0 Å². The Hall–Kier alpha value is -2.95. The van der Waals surface area contributed by atoms with E-state index < -0.39 is 11.8 Å². The summed E-state index contributed by atoms with van der Waals surface area (Å²) in [7, 11) is 0. The Labute approximate surface area is 133 Å². The fraction of sp³-hybridized carbons (Fsp3) is 0.111. The molecule has 0 spiro atoms. The predicted octanol–water partition coefficient (Wildman–Crippen LogP) is 3.81. The van der Waals surface area contributed by atoms with E-state index in [1.54, 1.807) is 31.2 Å². The smallest absolute Gasteiger partial charge is 0.340 e. The summed E-state index contributed by atoms with van der Waals surface area (Å²) >= 11 is 0. The lowest BCUT2D eigenvalue weighted by molar-refractivity contribution is 0.0527. The first kappa shape index (κ1) is 16.4.